The summed E-state index contributed by atoms with van der Waals surface area (Å²) >= 11 is 0. The van der Waals surface area contributed by atoms with Gasteiger partial charge in [-0.3, -0.25) is 9.59 Å². The van der Waals surface area contributed by atoms with Gasteiger partial charge in [0.1, 0.15) is 11.3 Å². The van der Waals surface area contributed by atoms with E-state index in [9.17, 15) is 14.4 Å². The molecular weight excluding hydrogens is 398 g/mol. The Hall–Kier alpha value is -4.13. The van der Waals surface area contributed by atoms with Crippen molar-refractivity contribution in [3.8, 4) is 17.3 Å². The van der Waals surface area contributed by atoms with E-state index in [1.807, 2.05) is 18.2 Å². The number of benzene rings is 2. The Morgan fingerprint density at radius 1 is 0.935 bits per heavy atom. The number of anilines is 1. The lowest BCUT2D eigenvalue weighted by atomic mass is 10.1. The Morgan fingerprint density at radius 3 is 2.39 bits per heavy atom. The van der Waals surface area contributed by atoms with E-state index in [1.165, 1.54) is 13.8 Å². The summed E-state index contributed by atoms with van der Waals surface area (Å²) in [5.41, 5.74) is 1.70. The van der Waals surface area contributed by atoms with Crippen LogP contribution in [-0.2, 0) is 4.79 Å². The Balaban J connectivity index is 1.72. The Labute approximate surface area is 177 Å². The molecule has 4 rings (SSSR count). The molecule has 0 saturated heterocycles. The minimum atomic E-state index is -0.625. The van der Waals surface area contributed by atoms with Crippen molar-refractivity contribution in [2.24, 2.45) is 0 Å². The first kappa shape index (κ1) is 20.2. The van der Waals surface area contributed by atoms with Crippen molar-refractivity contribution in [3.63, 3.8) is 0 Å². The topological polar surface area (TPSA) is 98.8 Å². The maximum Gasteiger partial charge on any atom is 0.343 e. The summed E-state index contributed by atoms with van der Waals surface area (Å²) in [7, 11) is 0. The molecule has 2 aromatic carbocycles. The number of hydrogen-bond acceptors (Lipinski definition) is 6. The third-order valence-electron chi connectivity index (χ3n) is 4.80. The van der Waals surface area contributed by atoms with Crippen LogP contribution in [0.4, 0.5) is 5.69 Å². The highest BCUT2D eigenvalue weighted by Gasteiger charge is 2.21. The van der Waals surface area contributed by atoms with Crippen LogP contribution in [-0.4, -0.2) is 11.9 Å². The molecule has 2 aromatic heterocycles. The van der Waals surface area contributed by atoms with E-state index >= 15 is 0 Å². The lowest BCUT2D eigenvalue weighted by Crippen LogP contribution is -2.12. The van der Waals surface area contributed by atoms with Crippen LogP contribution in [0.3, 0.4) is 0 Å². The molecule has 0 unspecified atom stereocenters. The van der Waals surface area contributed by atoms with Crippen LogP contribution in [0.1, 0.15) is 28.4 Å². The second kappa shape index (κ2) is 7.95. The van der Waals surface area contributed by atoms with E-state index in [-0.39, 0.29) is 23.0 Å². The van der Waals surface area contributed by atoms with Crippen LogP contribution in [0, 0.1) is 13.8 Å². The van der Waals surface area contributed by atoms with E-state index in [2.05, 4.69) is 5.32 Å². The molecule has 0 saturated carbocycles. The van der Waals surface area contributed by atoms with Gasteiger partial charge in [0.15, 0.2) is 11.5 Å². The molecule has 7 nitrogen and oxygen atoms in total. The van der Waals surface area contributed by atoms with Crippen LogP contribution in [0.15, 0.2) is 68.2 Å². The summed E-state index contributed by atoms with van der Waals surface area (Å²) in [5.74, 6) is -0.188. The molecule has 0 bridgehead atoms. The first-order chi connectivity index (χ1) is 14.8. The van der Waals surface area contributed by atoms with Gasteiger partial charge in [0, 0.05) is 29.1 Å². The average Bonchev–Trinajstić information content (AvgIpc) is 3.17. The smallest absolute Gasteiger partial charge is 0.343 e. The van der Waals surface area contributed by atoms with E-state index in [4.69, 9.17) is 13.6 Å². The number of furan rings is 1. The largest absolute Gasteiger partial charge is 0.453 e. The van der Waals surface area contributed by atoms with Gasteiger partial charge in [0.05, 0.1) is 5.56 Å². The molecule has 0 aliphatic carbocycles. The second-order valence-corrected chi connectivity index (χ2v) is 7.07. The van der Waals surface area contributed by atoms with E-state index in [1.54, 1.807) is 43.3 Å². The number of amides is 1. The van der Waals surface area contributed by atoms with E-state index in [0.29, 0.717) is 33.5 Å². The lowest BCUT2D eigenvalue weighted by molar-refractivity contribution is -0.132. The predicted octanol–water partition coefficient (Wildman–Crippen LogP) is 4.85. The van der Waals surface area contributed by atoms with Crippen molar-refractivity contribution in [2.75, 3.05) is 5.32 Å². The van der Waals surface area contributed by atoms with Gasteiger partial charge < -0.3 is 18.9 Å². The summed E-state index contributed by atoms with van der Waals surface area (Å²) < 4.78 is 16.5. The predicted molar refractivity (Wildman–Crippen MR) is 115 cm³/mol. The summed E-state index contributed by atoms with van der Waals surface area (Å²) in [5, 5.41) is 3.49. The monoisotopic (exact) mass is 417 g/mol. The maximum atomic E-state index is 12.6. The maximum absolute atomic E-state index is 12.6. The zero-order valence-electron chi connectivity index (χ0n) is 17.1. The summed E-state index contributed by atoms with van der Waals surface area (Å²) in [6, 6.07) is 15.8. The minimum absolute atomic E-state index is 0.155. The van der Waals surface area contributed by atoms with Crippen LogP contribution < -0.4 is 15.7 Å². The first-order valence-electron chi connectivity index (χ1n) is 9.56. The molecule has 2 heterocycles. The number of carbonyl (C=O) groups excluding carboxylic acids is 2. The molecule has 4 aromatic rings. The lowest BCUT2D eigenvalue weighted by Gasteiger charge is -2.10. The quantitative estimate of drug-likeness (QED) is 0.477. The molecule has 0 atom stereocenters. The average molecular weight is 417 g/mol. The third-order valence-corrected chi connectivity index (χ3v) is 4.80. The fourth-order valence-corrected chi connectivity index (χ4v) is 3.28. The number of hydrogen-bond donors (Lipinski definition) is 1. The number of para-hydroxylation sites is 1. The number of rotatable bonds is 4. The molecular formula is C24H19NO6. The Kier molecular flexibility index (Phi) is 5.17. The Bertz CT molecular complexity index is 1360. The highest BCUT2D eigenvalue weighted by molar-refractivity contribution is 6.06. The van der Waals surface area contributed by atoms with Gasteiger partial charge in [-0.15, -0.1) is 0 Å². The van der Waals surface area contributed by atoms with Crippen molar-refractivity contribution in [1.29, 1.82) is 0 Å². The van der Waals surface area contributed by atoms with E-state index in [0.717, 1.165) is 0 Å². The number of ether oxygens (including phenoxy) is 1. The van der Waals surface area contributed by atoms with Crippen LogP contribution in [0.5, 0.6) is 5.75 Å². The Morgan fingerprint density at radius 2 is 1.68 bits per heavy atom. The molecule has 0 aliphatic heterocycles. The van der Waals surface area contributed by atoms with Gasteiger partial charge in [-0.05, 0) is 50.2 Å². The SMILES string of the molecule is CC(=O)Oc1c(C)c(-c2cc3cc(C(=O)Nc4ccccc4)ccc3o2)oc(=O)c1C. The zero-order chi connectivity index (χ0) is 22.1. The van der Waals surface area contributed by atoms with Gasteiger partial charge in [0.25, 0.3) is 5.91 Å². The van der Waals surface area contributed by atoms with Gasteiger partial charge in [-0.2, -0.15) is 0 Å². The van der Waals surface area contributed by atoms with Crippen molar-refractivity contribution in [2.45, 2.75) is 20.8 Å². The number of carbonyl (C=O) groups is 2. The zero-order valence-corrected chi connectivity index (χ0v) is 17.1. The summed E-state index contributed by atoms with van der Waals surface area (Å²) in [6.45, 7) is 4.46. The number of nitrogens with one attached hydrogen (secondary N) is 1. The van der Waals surface area contributed by atoms with E-state index < -0.39 is 11.6 Å². The summed E-state index contributed by atoms with van der Waals surface area (Å²) in [6.07, 6.45) is 0. The van der Waals surface area contributed by atoms with Crippen molar-refractivity contribution >= 4 is 28.5 Å². The number of esters is 1. The van der Waals surface area contributed by atoms with Crippen LogP contribution >= 0.6 is 0 Å². The van der Waals surface area contributed by atoms with Gasteiger partial charge in [0.2, 0.25) is 0 Å². The molecule has 0 aliphatic rings. The van der Waals surface area contributed by atoms with Gasteiger partial charge in [-0.1, -0.05) is 18.2 Å². The fraction of sp³-hybridized carbons (Fsp3) is 0.125. The third kappa shape index (κ3) is 3.98. The molecule has 0 radical (unpaired) electrons. The van der Waals surface area contributed by atoms with Crippen molar-refractivity contribution in [1.82, 2.24) is 0 Å². The van der Waals surface area contributed by atoms with Crippen molar-refractivity contribution < 1.29 is 23.2 Å². The molecule has 156 valence electrons. The minimum Gasteiger partial charge on any atom is -0.453 e. The fourth-order valence-electron chi connectivity index (χ4n) is 3.28. The van der Waals surface area contributed by atoms with Crippen LogP contribution in [0.25, 0.3) is 22.5 Å². The second-order valence-electron chi connectivity index (χ2n) is 7.07. The molecule has 1 N–H and O–H groups in total. The van der Waals surface area contributed by atoms with Crippen molar-refractivity contribution in [3.05, 3.63) is 81.7 Å². The van der Waals surface area contributed by atoms with Gasteiger partial charge in [-0.25, -0.2) is 4.79 Å². The van der Waals surface area contributed by atoms with Crippen LogP contribution in [0.2, 0.25) is 0 Å². The molecule has 0 fully saturated rings. The summed E-state index contributed by atoms with van der Waals surface area (Å²) in [4.78, 5) is 36.2. The molecule has 31 heavy (non-hydrogen) atoms. The highest BCUT2D eigenvalue weighted by Crippen LogP contribution is 2.34. The molecule has 1 amide bonds. The standard InChI is InChI=1S/C24H19NO6/c1-13-21(29-15(3)26)14(2)24(28)31-22(13)20-12-17-11-16(9-10-19(17)30-20)23(27)25-18-7-5-4-6-8-18/h4-12H,1-3H3,(H,25,27). The highest BCUT2D eigenvalue weighted by atomic mass is 16.5. The normalized spacial score (nSPS) is 10.8. The molecule has 0 spiro atoms. The van der Waals surface area contributed by atoms with Gasteiger partial charge >= 0.3 is 11.6 Å². The first-order valence-corrected chi connectivity index (χ1v) is 9.56. The number of fused-ring (bicyclic) bond motifs is 1. The molecule has 7 heteroatoms.